The first kappa shape index (κ1) is 23.9. The van der Waals surface area contributed by atoms with Crippen molar-refractivity contribution in [3.05, 3.63) is 0 Å². The number of hydrogen-bond acceptors (Lipinski definition) is 3. The molecule has 1 saturated heterocycles. The summed E-state index contributed by atoms with van der Waals surface area (Å²) in [5.74, 6) is 1.67. The lowest BCUT2D eigenvalue weighted by Gasteiger charge is -2.18. The fraction of sp³-hybridized carbons (Fsp3) is 0.944. The topological polar surface area (TPSA) is 54.9 Å². The summed E-state index contributed by atoms with van der Waals surface area (Å²) in [6.45, 7) is 12.9. The quantitative estimate of drug-likeness (QED) is 0.217. The van der Waals surface area contributed by atoms with Gasteiger partial charge in [0, 0.05) is 32.3 Å². The van der Waals surface area contributed by atoms with E-state index in [2.05, 4.69) is 43.3 Å². The monoisotopic (exact) mass is 455 g/mol. The molecule has 144 valence electrons. The average molecular weight is 455 g/mol. The van der Waals surface area contributed by atoms with Gasteiger partial charge >= 0.3 is 0 Å². The fourth-order valence-electron chi connectivity index (χ4n) is 2.56. The lowest BCUT2D eigenvalue weighted by Crippen LogP contribution is -2.42. The van der Waals surface area contributed by atoms with Crippen molar-refractivity contribution in [1.29, 1.82) is 0 Å². The van der Waals surface area contributed by atoms with Crippen LogP contribution in [-0.4, -0.2) is 51.0 Å². The Labute approximate surface area is 165 Å². The van der Waals surface area contributed by atoms with Gasteiger partial charge in [-0.25, -0.2) is 0 Å². The van der Waals surface area contributed by atoms with E-state index in [1.807, 2.05) is 0 Å². The molecule has 0 aromatic rings. The second kappa shape index (κ2) is 15.2. The van der Waals surface area contributed by atoms with Crippen LogP contribution in [0.3, 0.4) is 0 Å². The van der Waals surface area contributed by atoms with Crippen LogP contribution in [0.4, 0.5) is 0 Å². The summed E-state index contributed by atoms with van der Waals surface area (Å²) >= 11 is 0. The molecule has 0 spiro atoms. The SMILES string of the molecule is CCNC(=NCCCOCC1CCCO1)NC(C)CCC(C)C.I. The maximum absolute atomic E-state index is 5.67. The molecule has 0 bridgehead atoms. The highest BCUT2D eigenvalue weighted by Crippen LogP contribution is 2.11. The van der Waals surface area contributed by atoms with Crippen molar-refractivity contribution in [2.75, 3.05) is 32.9 Å². The predicted molar refractivity (Wildman–Crippen MR) is 112 cm³/mol. The highest BCUT2D eigenvalue weighted by Gasteiger charge is 2.14. The van der Waals surface area contributed by atoms with E-state index in [9.17, 15) is 0 Å². The summed E-state index contributed by atoms with van der Waals surface area (Å²) in [5, 5.41) is 6.80. The summed E-state index contributed by atoms with van der Waals surface area (Å²) in [5.41, 5.74) is 0. The number of guanidine groups is 1. The molecule has 0 aromatic heterocycles. The van der Waals surface area contributed by atoms with Gasteiger partial charge in [-0.05, 0) is 51.9 Å². The van der Waals surface area contributed by atoms with Crippen molar-refractivity contribution in [1.82, 2.24) is 10.6 Å². The number of nitrogens with zero attached hydrogens (tertiary/aromatic N) is 1. The highest BCUT2D eigenvalue weighted by molar-refractivity contribution is 14.0. The van der Waals surface area contributed by atoms with Crippen LogP contribution in [0, 0.1) is 5.92 Å². The smallest absolute Gasteiger partial charge is 0.191 e. The van der Waals surface area contributed by atoms with Crippen molar-refractivity contribution in [2.24, 2.45) is 10.9 Å². The van der Waals surface area contributed by atoms with Crippen LogP contribution in [0.5, 0.6) is 0 Å². The lowest BCUT2D eigenvalue weighted by atomic mass is 10.0. The van der Waals surface area contributed by atoms with Crippen molar-refractivity contribution in [3.8, 4) is 0 Å². The number of aliphatic imine (C=N–C) groups is 1. The number of rotatable bonds is 11. The van der Waals surface area contributed by atoms with Crippen LogP contribution in [-0.2, 0) is 9.47 Å². The molecule has 0 amide bonds. The minimum Gasteiger partial charge on any atom is -0.379 e. The van der Waals surface area contributed by atoms with Gasteiger partial charge in [0.15, 0.2) is 5.96 Å². The zero-order valence-corrected chi connectivity index (χ0v) is 18.3. The largest absolute Gasteiger partial charge is 0.379 e. The highest BCUT2D eigenvalue weighted by atomic mass is 127. The predicted octanol–water partition coefficient (Wildman–Crippen LogP) is 3.57. The van der Waals surface area contributed by atoms with E-state index in [1.54, 1.807) is 0 Å². The molecule has 5 nitrogen and oxygen atoms in total. The molecule has 0 aliphatic carbocycles. The maximum Gasteiger partial charge on any atom is 0.191 e. The summed E-state index contributed by atoms with van der Waals surface area (Å²) in [7, 11) is 0. The zero-order chi connectivity index (χ0) is 16.9. The Bertz CT molecular complexity index is 321. The van der Waals surface area contributed by atoms with Crippen LogP contribution < -0.4 is 10.6 Å². The molecule has 2 N–H and O–H groups in total. The second-order valence-electron chi connectivity index (χ2n) is 6.84. The van der Waals surface area contributed by atoms with Gasteiger partial charge in [0.2, 0.25) is 0 Å². The summed E-state index contributed by atoms with van der Waals surface area (Å²) in [4.78, 5) is 4.63. The molecule has 1 heterocycles. The first-order valence-electron chi connectivity index (χ1n) is 9.36. The first-order valence-corrected chi connectivity index (χ1v) is 9.36. The summed E-state index contributed by atoms with van der Waals surface area (Å²) in [6, 6.07) is 0.450. The molecule has 1 aliphatic rings. The Kier molecular flexibility index (Phi) is 15.1. The first-order chi connectivity index (χ1) is 11.1. The Morgan fingerprint density at radius 3 is 2.71 bits per heavy atom. The Morgan fingerprint density at radius 2 is 2.08 bits per heavy atom. The minimum atomic E-state index is 0. The van der Waals surface area contributed by atoms with E-state index in [-0.39, 0.29) is 24.0 Å². The third kappa shape index (κ3) is 12.3. The zero-order valence-electron chi connectivity index (χ0n) is 16.0. The average Bonchev–Trinajstić information content (AvgIpc) is 3.02. The minimum absolute atomic E-state index is 0. The second-order valence-corrected chi connectivity index (χ2v) is 6.84. The van der Waals surface area contributed by atoms with Gasteiger partial charge in [-0.2, -0.15) is 0 Å². The van der Waals surface area contributed by atoms with Gasteiger partial charge in [-0.15, -0.1) is 24.0 Å². The van der Waals surface area contributed by atoms with Crippen molar-refractivity contribution < 1.29 is 9.47 Å². The maximum atomic E-state index is 5.67. The van der Waals surface area contributed by atoms with Crippen molar-refractivity contribution in [2.45, 2.75) is 71.9 Å². The normalized spacial score (nSPS) is 19.2. The van der Waals surface area contributed by atoms with Gasteiger partial charge in [-0.3, -0.25) is 4.99 Å². The van der Waals surface area contributed by atoms with E-state index in [1.165, 1.54) is 19.3 Å². The van der Waals surface area contributed by atoms with Crippen LogP contribution in [0.25, 0.3) is 0 Å². The van der Waals surface area contributed by atoms with Gasteiger partial charge in [0.1, 0.15) is 0 Å². The molecule has 24 heavy (non-hydrogen) atoms. The molecule has 2 atom stereocenters. The van der Waals surface area contributed by atoms with Crippen molar-refractivity contribution in [3.63, 3.8) is 0 Å². The molecule has 2 unspecified atom stereocenters. The van der Waals surface area contributed by atoms with E-state index >= 15 is 0 Å². The number of nitrogens with one attached hydrogen (secondary N) is 2. The standard InChI is InChI=1S/C18H37N3O2.HI/c1-5-19-18(21-16(4)10-9-15(2)3)20-11-7-12-22-14-17-8-6-13-23-17;/h15-17H,5-14H2,1-4H3,(H2,19,20,21);1H. The Hall–Kier alpha value is -0.0800. The molecule has 0 aromatic carbocycles. The molecule has 6 heteroatoms. The van der Waals surface area contributed by atoms with Crippen LogP contribution in [0.15, 0.2) is 4.99 Å². The lowest BCUT2D eigenvalue weighted by molar-refractivity contribution is 0.0171. The molecular weight excluding hydrogens is 417 g/mol. The van der Waals surface area contributed by atoms with Crippen LogP contribution in [0.2, 0.25) is 0 Å². The summed E-state index contributed by atoms with van der Waals surface area (Å²) < 4.78 is 11.2. The van der Waals surface area contributed by atoms with E-state index in [0.717, 1.165) is 57.6 Å². The van der Waals surface area contributed by atoms with Crippen LogP contribution >= 0.6 is 24.0 Å². The molecule has 0 radical (unpaired) electrons. The Balaban J connectivity index is 0.00000529. The van der Waals surface area contributed by atoms with Gasteiger partial charge in [-0.1, -0.05) is 13.8 Å². The van der Waals surface area contributed by atoms with Crippen LogP contribution in [0.1, 0.15) is 59.8 Å². The number of ether oxygens (including phenoxy) is 2. The van der Waals surface area contributed by atoms with Crippen molar-refractivity contribution >= 4 is 29.9 Å². The van der Waals surface area contributed by atoms with Gasteiger partial charge < -0.3 is 20.1 Å². The fourth-order valence-corrected chi connectivity index (χ4v) is 2.56. The number of hydrogen-bond donors (Lipinski definition) is 2. The molecule has 1 fully saturated rings. The van der Waals surface area contributed by atoms with Gasteiger partial charge in [0.25, 0.3) is 0 Å². The van der Waals surface area contributed by atoms with Gasteiger partial charge in [0.05, 0.1) is 12.7 Å². The third-order valence-electron chi connectivity index (χ3n) is 3.95. The third-order valence-corrected chi connectivity index (χ3v) is 3.95. The molecule has 1 aliphatic heterocycles. The molecule has 1 rings (SSSR count). The molecular formula is C18H38IN3O2. The Morgan fingerprint density at radius 1 is 1.29 bits per heavy atom. The van der Waals surface area contributed by atoms with E-state index in [4.69, 9.17) is 9.47 Å². The van der Waals surface area contributed by atoms with E-state index in [0.29, 0.717) is 12.1 Å². The van der Waals surface area contributed by atoms with E-state index < -0.39 is 0 Å². The summed E-state index contributed by atoms with van der Waals surface area (Å²) in [6.07, 6.45) is 5.99. The molecule has 0 saturated carbocycles. The number of halogens is 1.